The molecule has 0 aliphatic carbocycles. The van der Waals surface area contributed by atoms with Crippen molar-refractivity contribution in [3.05, 3.63) is 30.1 Å². The molecule has 1 unspecified atom stereocenters. The lowest BCUT2D eigenvalue weighted by Crippen LogP contribution is -2.25. The van der Waals surface area contributed by atoms with Crippen LogP contribution in [0, 0.1) is 0 Å². The Kier molecular flexibility index (Phi) is 4.56. The number of nitrogens with two attached hydrogens (primary N) is 1. The molecule has 0 saturated carbocycles. The van der Waals surface area contributed by atoms with Crippen LogP contribution in [0.5, 0.6) is 0 Å². The zero-order chi connectivity index (χ0) is 11.1. The number of rotatable bonds is 5. The molecule has 0 aliphatic heterocycles. The van der Waals surface area contributed by atoms with Crippen LogP contribution in [0.1, 0.15) is 18.5 Å². The summed E-state index contributed by atoms with van der Waals surface area (Å²) in [4.78, 5) is 14.2. The summed E-state index contributed by atoms with van der Waals surface area (Å²) in [6, 6.07) is 4.07. The van der Waals surface area contributed by atoms with Crippen molar-refractivity contribution in [2.24, 2.45) is 5.73 Å². The Bertz CT molecular complexity index is 303. The number of hydrogen-bond acceptors (Lipinski definition) is 4. The number of hydrogen-bond donors (Lipinski definition) is 2. The van der Waals surface area contributed by atoms with Gasteiger partial charge in [0.1, 0.15) is 6.61 Å². The Balaban J connectivity index is 2.25. The van der Waals surface area contributed by atoms with Gasteiger partial charge in [0.25, 0.3) is 0 Å². The maximum absolute atomic E-state index is 10.3. The lowest BCUT2D eigenvalue weighted by atomic mass is 10.1. The van der Waals surface area contributed by atoms with Gasteiger partial charge in [0.2, 0.25) is 0 Å². The second kappa shape index (κ2) is 5.98. The summed E-state index contributed by atoms with van der Waals surface area (Å²) in [5.74, 6) is 0. The first-order chi connectivity index (χ1) is 7.20. The highest BCUT2D eigenvalue weighted by atomic mass is 16.5. The van der Waals surface area contributed by atoms with E-state index >= 15 is 0 Å². The zero-order valence-corrected chi connectivity index (χ0v) is 8.64. The smallest absolute Gasteiger partial charge is 0.404 e. The van der Waals surface area contributed by atoms with Crippen LogP contribution in [-0.2, 0) is 4.74 Å². The maximum atomic E-state index is 10.3. The van der Waals surface area contributed by atoms with E-state index < -0.39 is 6.09 Å². The van der Waals surface area contributed by atoms with Crippen molar-refractivity contribution in [2.75, 3.05) is 13.2 Å². The monoisotopic (exact) mass is 209 g/mol. The van der Waals surface area contributed by atoms with Gasteiger partial charge in [0, 0.05) is 25.0 Å². The first kappa shape index (κ1) is 11.5. The van der Waals surface area contributed by atoms with E-state index in [2.05, 4.69) is 15.0 Å². The maximum Gasteiger partial charge on any atom is 0.404 e. The van der Waals surface area contributed by atoms with Gasteiger partial charge in [-0.1, -0.05) is 0 Å². The fourth-order valence-corrected chi connectivity index (χ4v) is 1.20. The van der Waals surface area contributed by atoms with Crippen LogP contribution in [0.15, 0.2) is 24.5 Å². The molecule has 0 saturated heterocycles. The van der Waals surface area contributed by atoms with Crippen LogP contribution in [-0.4, -0.2) is 24.2 Å². The fourth-order valence-electron chi connectivity index (χ4n) is 1.20. The minimum atomic E-state index is -0.742. The van der Waals surface area contributed by atoms with Crippen molar-refractivity contribution in [1.29, 1.82) is 0 Å². The van der Waals surface area contributed by atoms with Gasteiger partial charge in [-0.05, 0) is 24.6 Å². The summed E-state index contributed by atoms with van der Waals surface area (Å²) in [5.41, 5.74) is 5.97. The number of pyridine rings is 1. The first-order valence-corrected chi connectivity index (χ1v) is 4.75. The molecular formula is C10H15N3O2. The topological polar surface area (TPSA) is 77.2 Å². The first-order valence-electron chi connectivity index (χ1n) is 4.75. The fraction of sp³-hybridized carbons (Fsp3) is 0.400. The summed E-state index contributed by atoms with van der Waals surface area (Å²) in [6.07, 6.45) is 2.74. The van der Waals surface area contributed by atoms with Crippen LogP contribution in [0.4, 0.5) is 4.79 Å². The molecule has 15 heavy (non-hydrogen) atoms. The van der Waals surface area contributed by atoms with Gasteiger partial charge < -0.3 is 15.8 Å². The second-order valence-electron chi connectivity index (χ2n) is 3.12. The molecule has 5 nitrogen and oxygen atoms in total. The highest BCUT2D eigenvalue weighted by molar-refractivity contribution is 5.64. The van der Waals surface area contributed by atoms with Gasteiger partial charge in [-0.25, -0.2) is 4.79 Å². The van der Waals surface area contributed by atoms with Gasteiger partial charge in [-0.3, -0.25) is 4.98 Å². The second-order valence-corrected chi connectivity index (χ2v) is 3.12. The molecule has 5 heteroatoms. The van der Waals surface area contributed by atoms with Crippen molar-refractivity contribution in [1.82, 2.24) is 10.3 Å². The van der Waals surface area contributed by atoms with Crippen molar-refractivity contribution in [2.45, 2.75) is 13.0 Å². The summed E-state index contributed by atoms with van der Waals surface area (Å²) < 4.78 is 4.59. The molecule has 0 bridgehead atoms. The van der Waals surface area contributed by atoms with Crippen molar-refractivity contribution < 1.29 is 9.53 Å². The van der Waals surface area contributed by atoms with Crippen molar-refractivity contribution in [3.8, 4) is 0 Å². The number of amides is 1. The Hall–Kier alpha value is -1.62. The molecule has 1 atom stereocenters. The molecule has 1 amide bonds. The van der Waals surface area contributed by atoms with Crippen LogP contribution >= 0.6 is 0 Å². The van der Waals surface area contributed by atoms with E-state index in [1.54, 1.807) is 12.4 Å². The minimum Gasteiger partial charge on any atom is -0.448 e. The Labute approximate surface area is 88.6 Å². The average molecular weight is 209 g/mol. The number of primary amides is 1. The van der Waals surface area contributed by atoms with E-state index in [9.17, 15) is 4.79 Å². The standard InChI is InChI=1S/C10H15N3O2/c1-8(9-2-4-12-5-3-9)13-6-7-15-10(11)14/h2-5,8,13H,6-7H2,1H3,(H2,11,14). The van der Waals surface area contributed by atoms with Gasteiger partial charge in [0.15, 0.2) is 0 Å². The predicted octanol–water partition coefficient (Wildman–Crippen LogP) is 0.827. The zero-order valence-electron chi connectivity index (χ0n) is 8.64. The third-order valence-electron chi connectivity index (χ3n) is 2.00. The Morgan fingerprint density at radius 3 is 2.87 bits per heavy atom. The highest BCUT2D eigenvalue weighted by Crippen LogP contribution is 2.09. The van der Waals surface area contributed by atoms with Gasteiger partial charge in [-0.15, -0.1) is 0 Å². The average Bonchev–Trinajstić information content (AvgIpc) is 2.25. The number of ether oxygens (including phenoxy) is 1. The number of nitrogens with zero attached hydrogens (tertiary/aromatic N) is 1. The summed E-state index contributed by atoms with van der Waals surface area (Å²) >= 11 is 0. The van der Waals surface area contributed by atoms with E-state index in [0.29, 0.717) is 6.54 Å². The van der Waals surface area contributed by atoms with E-state index in [1.165, 1.54) is 0 Å². The molecule has 1 aromatic rings. The number of nitrogens with one attached hydrogen (secondary N) is 1. The molecule has 1 rings (SSSR count). The summed E-state index contributed by atoms with van der Waals surface area (Å²) in [7, 11) is 0. The molecule has 3 N–H and O–H groups in total. The SMILES string of the molecule is CC(NCCOC(N)=O)c1ccncc1. The number of carbonyl (C=O) groups is 1. The number of aromatic nitrogens is 1. The molecule has 1 heterocycles. The van der Waals surface area contributed by atoms with E-state index in [4.69, 9.17) is 5.73 Å². The Morgan fingerprint density at radius 2 is 2.27 bits per heavy atom. The normalized spacial score (nSPS) is 12.1. The number of carbonyl (C=O) groups excluding carboxylic acids is 1. The molecular weight excluding hydrogens is 194 g/mol. The molecule has 0 fully saturated rings. The molecule has 1 aromatic heterocycles. The van der Waals surface area contributed by atoms with Gasteiger partial charge in [0.05, 0.1) is 0 Å². The largest absolute Gasteiger partial charge is 0.448 e. The van der Waals surface area contributed by atoms with Crippen LogP contribution in [0.2, 0.25) is 0 Å². The lowest BCUT2D eigenvalue weighted by molar-refractivity contribution is 0.156. The van der Waals surface area contributed by atoms with Gasteiger partial charge in [-0.2, -0.15) is 0 Å². The van der Waals surface area contributed by atoms with Crippen molar-refractivity contribution in [3.63, 3.8) is 0 Å². The third kappa shape index (κ3) is 4.42. The quantitative estimate of drug-likeness (QED) is 0.704. The van der Waals surface area contributed by atoms with E-state index in [0.717, 1.165) is 5.56 Å². The van der Waals surface area contributed by atoms with E-state index in [1.807, 2.05) is 19.1 Å². The minimum absolute atomic E-state index is 0.199. The molecule has 0 aliphatic rings. The van der Waals surface area contributed by atoms with Gasteiger partial charge >= 0.3 is 6.09 Å². The van der Waals surface area contributed by atoms with Crippen LogP contribution in [0.25, 0.3) is 0 Å². The third-order valence-corrected chi connectivity index (χ3v) is 2.00. The summed E-state index contributed by atoms with van der Waals surface area (Å²) in [6.45, 7) is 2.89. The summed E-state index contributed by atoms with van der Waals surface area (Å²) in [5, 5.41) is 3.19. The predicted molar refractivity (Wildman–Crippen MR) is 56.2 cm³/mol. The van der Waals surface area contributed by atoms with Crippen molar-refractivity contribution >= 4 is 6.09 Å². The molecule has 82 valence electrons. The highest BCUT2D eigenvalue weighted by Gasteiger charge is 2.03. The lowest BCUT2D eigenvalue weighted by Gasteiger charge is -2.13. The van der Waals surface area contributed by atoms with Crippen LogP contribution in [0.3, 0.4) is 0 Å². The molecule has 0 radical (unpaired) electrons. The van der Waals surface area contributed by atoms with Crippen LogP contribution < -0.4 is 11.1 Å². The van der Waals surface area contributed by atoms with E-state index in [-0.39, 0.29) is 12.6 Å². The molecule has 0 spiro atoms. The Morgan fingerprint density at radius 1 is 1.60 bits per heavy atom. The molecule has 0 aromatic carbocycles.